The lowest BCUT2D eigenvalue weighted by Crippen LogP contribution is -2.04. The second kappa shape index (κ2) is 5.57. The number of pyridine rings is 1. The normalized spacial score (nSPS) is 11.1. The monoisotopic (exact) mass is 304 g/mol. The summed E-state index contributed by atoms with van der Waals surface area (Å²) in [4.78, 5) is 19.6. The van der Waals surface area contributed by atoms with Crippen LogP contribution < -0.4 is 0 Å². The Morgan fingerprint density at radius 2 is 2.29 bits per heavy atom. The van der Waals surface area contributed by atoms with E-state index in [0.717, 1.165) is 22.8 Å². The van der Waals surface area contributed by atoms with Crippen LogP contribution in [0.15, 0.2) is 34.2 Å². The molecule has 21 heavy (non-hydrogen) atoms. The average molecular weight is 304 g/mol. The number of rotatable bonds is 5. The smallest absolute Gasteiger partial charge is 0.313 e. The number of hydrogen-bond donors (Lipinski definition) is 1. The van der Waals surface area contributed by atoms with E-state index in [-0.39, 0.29) is 5.75 Å². The van der Waals surface area contributed by atoms with Crippen LogP contribution in [0.2, 0.25) is 0 Å². The van der Waals surface area contributed by atoms with Gasteiger partial charge < -0.3 is 9.63 Å². The van der Waals surface area contributed by atoms with Gasteiger partial charge in [-0.15, -0.1) is 0 Å². The first-order valence-electron chi connectivity index (χ1n) is 6.21. The zero-order chi connectivity index (χ0) is 14.8. The van der Waals surface area contributed by atoms with E-state index >= 15 is 0 Å². The van der Waals surface area contributed by atoms with Crippen molar-refractivity contribution in [2.75, 3.05) is 5.75 Å². The van der Waals surface area contributed by atoms with Gasteiger partial charge in [0.2, 0.25) is 0 Å². The van der Waals surface area contributed by atoms with Gasteiger partial charge in [-0.1, -0.05) is 16.9 Å². The lowest BCUT2D eigenvalue weighted by Gasteiger charge is -2.04. The summed E-state index contributed by atoms with van der Waals surface area (Å²) in [6.45, 7) is 2.36. The highest BCUT2D eigenvalue weighted by molar-refractivity contribution is 7.99. The lowest BCUT2D eigenvalue weighted by atomic mass is 10.3. The molecule has 0 atom stereocenters. The molecular weight excluding hydrogens is 292 g/mol. The predicted octanol–water partition coefficient (Wildman–Crippen LogP) is 1.95. The quantitative estimate of drug-likeness (QED) is 0.720. The number of hydrogen-bond acceptors (Lipinski definition) is 6. The second-order valence-corrected chi connectivity index (χ2v) is 5.38. The highest BCUT2D eigenvalue weighted by Gasteiger charge is 2.16. The summed E-state index contributed by atoms with van der Waals surface area (Å²) < 4.78 is 6.96. The van der Waals surface area contributed by atoms with Crippen LogP contribution in [-0.2, 0) is 11.3 Å². The highest BCUT2D eigenvalue weighted by atomic mass is 32.2. The van der Waals surface area contributed by atoms with E-state index in [4.69, 9.17) is 9.63 Å². The van der Waals surface area contributed by atoms with Crippen molar-refractivity contribution >= 4 is 28.9 Å². The molecule has 0 unspecified atom stereocenters. The molecule has 0 aliphatic rings. The van der Waals surface area contributed by atoms with Gasteiger partial charge in [-0.2, -0.15) is 0 Å². The first-order valence-corrected chi connectivity index (χ1v) is 7.19. The molecule has 1 N–H and O–H groups in total. The van der Waals surface area contributed by atoms with E-state index in [0.29, 0.717) is 23.1 Å². The molecule has 0 aromatic carbocycles. The topological polar surface area (TPSA) is 94.0 Å². The van der Waals surface area contributed by atoms with Crippen LogP contribution in [-0.4, -0.2) is 36.5 Å². The summed E-state index contributed by atoms with van der Waals surface area (Å²) in [6, 6.07) is 3.63. The van der Waals surface area contributed by atoms with Crippen molar-refractivity contribution in [3.05, 3.63) is 35.9 Å². The van der Waals surface area contributed by atoms with Gasteiger partial charge in [0.1, 0.15) is 5.52 Å². The third kappa shape index (κ3) is 2.75. The first kappa shape index (κ1) is 13.6. The maximum absolute atomic E-state index is 10.8. The molecule has 7 nitrogen and oxygen atoms in total. The molecule has 0 radical (unpaired) electrons. The fourth-order valence-electron chi connectivity index (χ4n) is 1.98. The minimum atomic E-state index is -0.886. The molecule has 0 saturated carbocycles. The van der Waals surface area contributed by atoms with Crippen LogP contribution in [0.4, 0.5) is 0 Å². The molecule has 0 saturated heterocycles. The van der Waals surface area contributed by atoms with Crippen LogP contribution in [0.3, 0.4) is 0 Å². The van der Waals surface area contributed by atoms with Gasteiger partial charge in [0.05, 0.1) is 18.5 Å². The van der Waals surface area contributed by atoms with E-state index < -0.39 is 5.97 Å². The molecule has 0 fully saturated rings. The summed E-state index contributed by atoms with van der Waals surface area (Å²) in [5.41, 5.74) is 2.47. The molecule has 3 rings (SSSR count). The molecule has 8 heteroatoms. The standard InChI is InChI=1S/C13H12N4O3S/c1-8-2-4-14-12-11(8)16-13(21-7-10(18)19)17(12)6-9-3-5-15-20-9/h2-5H,6-7H2,1H3,(H,18,19). The predicted molar refractivity (Wildman–Crippen MR) is 76.2 cm³/mol. The van der Waals surface area contributed by atoms with Crippen LogP contribution in [0, 0.1) is 6.92 Å². The Morgan fingerprint density at radius 1 is 1.43 bits per heavy atom. The molecule has 108 valence electrons. The van der Waals surface area contributed by atoms with E-state index in [1.165, 1.54) is 0 Å². The third-order valence-electron chi connectivity index (χ3n) is 2.93. The van der Waals surface area contributed by atoms with E-state index in [9.17, 15) is 4.79 Å². The molecule has 0 aliphatic heterocycles. The number of aliphatic carboxylic acids is 1. The van der Waals surface area contributed by atoms with Crippen LogP contribution in [0.5, 0.6) is 0 Å². The number of fused-ring (bicyclic) bond motifs is 1. The van der Waals surface area contributed by atoms with Gasteiger partial charge in [0, 0.05) is 12.3 Å². The lowest BCUT2D eigenvalue weighted by molar-refractivity contribution is -0.133. The van der Waals surface area contributed by atoms with Gasteiger partial charge in [-0.05, 0) is 18.6 Å². The fourth-order valence-corrected chi connectivity index (χ4v) is 2.69. The van der Waals surface area contributed by atoms with Gasteiger partial charge in [0.25, 0.3) is 0 Å². The number of carboxylic acid groups (broad SMARTS) is 1. The van der Waals surface area contributed by atoms with Crippen molar-refractivity contribution in [1.82, 2.24) is 19.7 Å². The maximum Gasteiger partial charge on any atom is 0.313 e. The van der Waals surface area contributed by atoms with E-state index in [1.807, 2.05) is 17.6 Å². The molecular formula is C13H12N4O3S. The van der Waals surface area contributed by atoms with Crippen molar-refractivity contribution < 1.29 is 14.4 Å². The van der Waals surface area contributed by atoms with Gasteiger partial charge >= 0.3 is 5.97 Å². The van der Waals surface area contributed by atoms with Crippen molar-refractivity contribution in [2.45, 2.75) is 18.6 Å². The zero-order valence-corrected chi connectivity index (χ0v) is 12.0. The number of imidazole rings is 1. The third-order valence-corrected chi connectivity index (χ3v) is 3.89. The molecule has 3 aromatic heterocycles. The van der Waals surface area contributed by atoms with Crippen molar-refractivity contribution in [3.8, 4) is 0 Å². The Morgan fingerprint density at radius 3 is 3.00 bits per heavy atom. The Kier molecular flexibility index (Phi) is 3.61. The summed E-state index contributed by atoms with van der Waals surface area (Å²) in [6.07, 6.45) is 3.28. The Balaban J connectivity index is 2.06. The van der Waals surface area contributed by atoms with Crippen molar-refractivity contribution in [1.29, 1.82) is 0 Å². The zero-order valence-electron chi connectivity index (χ0n) is 11.2. The Labute approximate surface area is 124 Å². The minimum Gasteiger partial charge on any atom is -0.481 e. The van der Waals surface area contributed by atoms with Gasteiger partial charge in [0.15, 0.2) is 16.6 Å². The number of carboxylic acids is 1. The largest absolute Gasteiger partial charge is 0.481 e. The molecule has 0 amide bonds. The number of nitrogens with zero attached hydrogens (tertiary/aromatic N) is 4. The van der Waals surface area contributed by atoms with Crippen molar-refractivity contribution in [3.63, 3.8) is 0 Å². The van der Waals surface area contributed by atoms with E-state index in [2.05, 4.69) is 15.1 Å². The SMILES string of the molecule is Cc1ccnc2c1nc(SCC(=O)O)n2Cc1ccno1. The fraction of sp³-hybridized carbons (Fsp3) is 0.231. The number of carbonyl (C=O) groups is 1. The number of thioether (sulfide) groups is 1. The van der Waals surface area contributed by atoms with Crippen LogP contribution in [0.1, 0.15) is 11.3 Å². The van der Waals surface area contributed by atoms with Crippen molar-refractivity contribution in [2.24, 2.45) is 0 Å². The number of aromatic nitrogens is 4. The summed E-state index contributed by atoms with van der Waals surface area (Å²) in [5.74, 6) is -0.281. The highest BCUT2D eigenvalue weighted by Crippen LogP contribution is 2.25. The molecule has 0 bridgehead atoms. The second-order valence-electron chi connectivity index (χ2n) is 4.44. The van der Waals surface area contributed by atoms with Crippen LogP contribution >= 0.6 is 11.8 Å². The first-order chi connectivity index (χ1) is 10.1. The number of aryl methyl sites for hydroxylation is 1. The average Bonchev–Trinajstić information content (AvgIpc) is 3.07. The minimum absolute atomic E-state index is 0.0568. The maximum atomic E-state index is 10.8. The Bertz CT molecular complexity index is 782. The molecule has 3 aromatic rings. The van der Waals surface area contributed by atoms with E-state index in [1.54, 1.807) is 18.5 Å². The summed E-state index contributed by atoms with van der Waals surface area (Å²) in [5, 5.41) is 13.1. The van der Waals surface area contributed by atoms with Gasteiger partial charge in [-0.3, -0.25) is 9.36 Å². The Hall–Kier alpha value is -2.35. The molecule has 0 aliphatic carbocycles. The molecule has 3 heterocycles. The summed E-state index contributed by atoms with van der Waals surface area (Å²) >= 11 is 1.16. The summed E-state index contributed by atoms with van der Waals surface area (Å²) in [7, 11) is 0. The van der Waals surface area contributed by atoms with Gasteiger partial charge in [-0.25, -0.2) is 9.97 Å². The molecule has 0 spiro atoms. The van der Waals surface area contributed by atoms with Crippen LogP contribution in [0.25, 0.3) is 11.2 Å².